The van der Waals surface area contributed by atoms with Gasteiger partial charge < -0.3 is 42.1 Å². The quantitative estimate of drug-likeness (QED) is 0.0515. The van der Waals surface area contributed by atoms with Gasteiger partial charge in [-0.15, -0.1) is 0 Å². The van der Waals surface area contributed by atoms with Crippen molar-refractivity contribution in [1.82, 2.24) is 42.1 Å². The Morgan fingerprint density at radius 1 is 0.671 bits per heavy atom. The highest BCUT2D eigenvalue weighted by atomic mass is 79.9. The minimum Gasteiger partial charge on any atom is -0.349 e. The van der Waals surface area contributed by atoms with Gasteiger partial charge in [0.1, 0.15) is 6.04 Å². The van der Waals surface area contributed by atoms with Crippen molar-refractivity contribution in [2.24, 2.45) is 16.7 Å². The number of amides is 6. The molecule has 3 aromatic rings. The third-order valence-corrected chi connectivity index (χ3v) is 17.1. The van der Waals surface area contributed by atoms with Crippen molar-refractivity contribution in [3.8, 4) is 0 Å². The number of rotatable bonds is 22. The molecule has 430 valence electrons. The van der Waals surface area contributed by atoms with Crippen LogP contribution in [0.25, 0.3) is 0 Å². The molecule has 3 aromatic carbocycles. The number of aryl methyl sites for hydroxylation is 2. The first-order chi connectivity index (χ1) is 37.2. The number of likely N-dealkylation sites (tertiary alicyclic amines) is 1. The number of benzene rings is 3. The average Bonchev–Trinajstić information content (AvgIpc) is 3.87. The summed E-state index contributed by atoms with van der Waals surface area (Å²) in [5, 5.41) is 21.1. The van der Waals surface area contributed by atoms with Crippen LogP contribution in [0, 0.1) is 16.7 Å². The van der Waals surface area contributed by atoms with E-state index in [1.807, 2.05) is 66.7 Å². The van der Waals surface area contributed by atoms with Crippen LogP contribution in [0.3, 0.4) is 0 Å². The fourth-order valence-electron chi connectivity index (χ4n) is 11.2. The molecule has 1 saturated heterocycles. The van der Waals surface area contributed by atoms with Crippen LogP contribution >= 0.6 is 31.9 Å². The molecule has 3 aliphatic rings. The van der Waals surface area contributed by atoms with Gasteiger partial charge in [-0.1, -0.05) is 98.5 Å². The Hall–Kier alpha value is -5.30. The Bertz CT molecular complexity index is 2740. The number of hydrogen-bond acceptors (Lipinski definition) is 10. The maximum absolute atomic E-state index is 14.8. The van der Waals surface area contributed by atoms with Gasteiger partial charge in [0.05, 0.1) is 30.2 Å². The number of likely N-dealkylation sites (N-methyl/N-ethyl adjacent to an activating group) is 2. The molecule has 1 aliphatic heterocycles. The van der Waals surface area contributed by atoms with Crippen molar-refractivity contribution in [2.45, 2.75) is 187 Å². The molecule has 0 bridgehead atoms. The lowest BCUT2D eigenvalue weighted by molar-refractivity contribution is -0.143. The van der Waals surface area contributed by atoms with E-state index >= 15 is 0 Å². The largest absolute Gasteiger partial charge is 0.349 e. The first kappa shape index (κ1) is 62.9. The van der Waals surface area contributed by atoms with Crippen molar-refractivity contribution in [3.05, 3.63) is 103 Å². The van der Waals surface area contributed by atoms with Crippen LogP contribution in [0.1, 0.15) is 175 Å². The summed E-state index contributed by atoms with van der Waals surface area (Å²) in [6.45, 7) is 16.5. The predicted molar refractivity (Wildman–Crippen MR) is 314 cm³/mol. The van der Waals surface area contributed by atoms with E-state index in [0.29, 0.717) is 12.8 Å². The van der Waals surface area contributed by atoms with Crippen LogP contribution in [0.4, 0.5) is 0 Å². The Kier molecular flexibility index (Phi) is 21.8. The molecule has 16 nitrogen and oxygen atoms in total. The molecule has 18 heteroatoms. The Morgan fingerprint density at radius 3 is 1.81 bits per heavy atom. The summed E-state index contributed by atoms with van der Waals surface area (Å²) in [7, 11) is 3.32. The van der Waals surface area contributed by atoms with Crippen LogP contribution in [0.2, 0.25) is 0 Å². The van der Waals surface area contributed by atoms with Gasteiger partial charge in [-0.3, -0.25) is 38.4 Å². The van der Waals surface area contributed by atoms with Gasteiger partial charge in [-0.05, 0) is 167 Å². The highest BCUT2D eigenvalue weighted by Gasteiger charge is 2.46. The lowest BCUT2D eigenvalue weighted by Gasteiger charge is -2.36. The van der Waals surface area contributed by atoms with Gasteiger partial charge in [0, 0.05) is 57.5 Å². The summed E-state index contributed by atoms with van der Waals surface area (Å²) in [6.07, 6.45) is 5.86. The van der Waals surface area contributed by atoms with Crippen LogP contribution < -0.4 is 37.2 Å². The fourth-order valence-corrected chi connectivity index (χ4v) is 12.0. The number of nitrogens with one attached hydrogen (secondary N) is 7. The average molecular weight is 1220 g/mol. The van der Waals surface area contributed by atoms with Gasteiger partial charge >= 0.3 is 0 Å². The van der Waals surface area contributed by atoms with Crippen molar-refractivity contribution in [2.75, 3.05) is 20.6 Å². The normalized spacial score (nSPS) is 20.4. The highest BCUT2D eigenvalue weighted by Crippen LogP contribution is 2.38. The molecule has 0 radical (unpaired) electrons. The summed E-state index contributed by atoms with van der Waals surface area (Å²) >= 11 is 7.20. The molecule has 1 fully saturated rings. The molecule has 0 aromatic heterocycles. The van der Waals surface area contributed by atoms with E-state index in [4.69, 9.17) is 0 Å². The standard InChI is InChI=1S/C61H84Br2N8O8/c1-12-44(27-41(29-51(73)52(60(4,5)6)69-54(74)34(2)64-10)58(78)68-48-21-15-17-37-23-25-43(63)31-47(37)48)66-56(76)39-19-14-20-40(26-39)57(77)67-45-32-49(50(72)28-38-18-13-16-36-22-24-42(62)30-46(36)38)71(33-45)59(79)53(61(7,8)9)70-55(75)35(3)65-11/h14,19-20,22-26,30-31,34-35,38,41,44-45,48-49,52-53,64-65H,12-13,15-18,21,27-29,32-33H2,1-11H3,(H,66,76)(H,67,77)(H,68,78)(H,69,74)(H,70,75)/t34-,35-,38-,41+,44+,45-,48+,49-,52+,53+/m0/s1. The maximum Gasteiger partial charge on any atom is 0.251 e. The van der Waals surface area contributed by atoms with Crippen molar-refractivity contribution >= 4 is 78.9 Å². The second kappa shape index (κ2) is 27.4. The molecule has 7 N–H and O–H groups in total. The van der Waals surface area contributed by atoms with E-state index in [1.165, 1.54) is 16.5 Å². The third-order valence-electron chi connectivity index (χ3n) is 16.2. The van der Waals surface area contributed by atoms with E-state index in [0.717, 1.165) is 57.7 Å². The van der Waals surface area contributed by atoms with Crippen LogP contribution in [0.5, 0.6) is 0 Å². The van der Waals surface area contributed by atoms with E-state index < -0.39 is 76.8 Å². The lowest BCUT2D eigenvalue weighted by atomic mass is 9.79. The summed E-state index contributed by atoms with van der Waals surface area (Å²) < 4.78 is 1.82. The zero-order valence-electron chi connectivity index (χ0n) is 48.0. The second-order valence-electron chi connectivity index (χ2n) is 24.2. The molecule has 2 aliphatic carbocycles. The third kappa shape index (κ3) is 16.4. The van der Waals surface area contributed by atoms with Gasteiger partial charge in [-0.25, -0.2) is 0 Å². The number of Topliss-reactive ketones (excluding diaryl/α,β-unsaturated/α-hetero) is 2. The number of hydrogen-bond donors (Lipinski definition) is 7. The maximum atomic E-state index is 14.8. The molecule has 0 saturated carbocycles. The second-order valence-corrected chi connectivity index (χ2v) is 26.0. The number of fused-ring (bicyclic) bond motifs is 2. The zero-order chi connectivity index (χ0) is 58.1. The Morgan fingerprint density at radius 2 is 1.23 bits per heavy atom. The van der Waals surface area contributed by atoms with E-state index in [-0.39, 0.29) is 84.6 Å². The fraction of sp³-hybridized carbons (Fsp3) is 0.574. The molecular weight excluding hydrogens is 1130 g/mol. The zero-order valence-corrected chi connectivity index (χ0v) is 51.2. The predicted octanol–water partition coefficient (Wildman–Crippen LogP) is 7.94. The smallest absolute Gasteiger partial charge is 0.251 e. The van der Waals surface area contributed by atoms with Gasteiger partial charge in [0.2, 0.25) is 23.6 Å². The minimum absolute atomic E-state index is 0.0240. The molecule has 6 rings (SSSR count). The van der Waals surface area contributed by atoms with Crippen molar-refractivity contribution in [3.63, 3.8) is 0 Å². The number of halogens is 2. The van der Waals surface area contributed by atoms with Crippen LogP contribution in [-0.2, 0) is 41.6 Å². The summed E-state index contributed by atoms with van der Waals surface area (Å²) in [4.78, 5) is 115. The molecule has 79 heavy (non-hydrogen) atoms. The monoisotopic (exact) mass is 1210 g/mol. The SMILES string of the molecule is CC[C@H](C[C@H](CC(=O)[C@@H](NC(=O)[C@H](C)NC)C(C)(C)C)C(=O)N[C@@H]1CCCc2ccc(Br)cc21)NC(=O)c1cccc(C(=O)N[C@H]2C[C@@H](C(=O)C[C@@H]3CCCc4ccc(Br)cc43)N(C(=O)[C@@H](NC(=O)[C@H](C)NC)C(C)(C)C)C2)c1. The molecule has 6 amide bonds. The molecule has 0 spiro atoms. The molecule has 10 atom stereocenters. The minimum atomic E-state index is -0.975. The first-order valence-electron chi connectivity index (χ1n) is 28.1. The first-order valence-corrected chi connectivity index (χ1v) is 29.7. The van der Waals surface area contributed by atoms with Gasteiger partial charge in [0.15, 0.2) is 11.6 Å². The lowest BCUT2D eigenvalue weighted by Crippen LogP contribution is -2.59. The van der Waals surface area contributed by atoms with Crippen LogP contribution in [0.15, 0.2) is 69.6 Å². The van der Waals surface area contributed by atoms with Gasteiger partial charge in [0.25, 0.3) is 11.8 Å². The summed E-state index contributed by atoms with van der Waals surface area (Å²) in [5.74, 6) is -3.77. The van der Waals surface area contributed by atoms with E-state index in [9.17, 15) is 38.4 Å². The number of nitrogens with zero attached hydrogens (tertiary/aromatic N) is 1. The van der Waals surface area contributed by atoms with Gasteiger partial charge in [-0.2, -0.15) is 0 Å². The van der Waals surface area contributed by atoms with Crippen molar-refractivity contribution in [1.29, 1.82) is 0 Å². The molecular formula is C61H84Br2N8O8. The van der Waals surface area contributed by atoms with E-state index in [2.05, 4.69) is 87.3 Å². The topological polar surface area (TPSA) is 224 Å². The van der Waals surface area contributed by atoms with E-state index in [1.54, 1.807) is 46.1 Å². The highest BCUT2D eigenvalue weighted by molar-refractivity contribution is 9.10. The van der Waals surface area contributed by atoms with Crippen molar-refractivity contribution < 1.29 is 38.4 Å². The molecule has 0 unspecified atom stereocenters. The molecule has 1 heterocycles. The Balaban J connectivity index is 1.21. The number of carbonyl (C=O) groups excluding carboxylic acids is 8. The Labute approximate surface area is 484 Å². The summed E-state index contributed by atoms with van der Waals surface area (Å²) in [6, 6.07) is 13.1. The summed E-state index contributed by atoms with van der Waals surface area (Å²) in [5.41, 5.74) is 3.44. The van der Waals surface area contributed by atoms with Crippen LogP contribution in [-0.4, -0.2) is 115 Å². The number of carbonyl (C=O) groups is 8. The number of ketones is 2.